The fraction of sp³-hybridized carbons (Fsp3) is 0.613. The van der Waals surface area contributed by atoms with E-state index in [1.54, 1.807) is 0 Å². The second-order valence-electron chi connectivity index (χ2n) is 13.6. The number of rotatable bonds is 9. The van der Waals surface area contributed by atoms with Crippen LogP contribution in [0, 0.1) is 5.92 Å². The molecule has 10 atom stereocenters. The predicted molar refractivity (Wildman–Crippen MR) is 181 cm³/mol. The molecule has 2 aromatic carbocycles. The van der Waals surface area contributed by atoms with Gasteiger partial charge in [-0.1, -0.05) is 74.5 Å². The van der Waals surface area contributed by atoms with E-state index in [-0.39, 0.29) is 0 Å². The second kappa shape index (κ2) is 13.7. The lowest BCUT2D eigenvalue weighted by molar-refractivity contribution is 0.244. The molecule has 5 rings (SSSR count). The summed E-state index contributed by atoms with van der Waals surface area (Å²) in [7, 11) is -12.0. The maximum atomic E-state index is 7.31. The minimum absolute atomic E-state index is 0.334. The number of fused-ring (bicyclic) bond motifs is 1. The molecule has 0 bridgehead atoms. The van der Waals surface area contributed by atoms with Crippen LogP contribution < -0.4 is 0 Å². The van der Waals surface area contributed by atoms with E-state index in [9.17, 15) is 0 Å². The lowest BCUT2D eigenvalue weighted by Gasteiger charge is -2.45. The Balaban J connectivity index is 1.38. The molecule has 0 spiro atoms. The monoisotopic (exact) mass is 660 g/mol. The highest BCUT2D eigenvalue weighted by Crippen LogP contribution is 2.43. The quantitative estimate of drug-likeness (QED) is 0.204. The molecule has 232 valence electrons. The first-order valence-corrected chi connectivity index (χ1v) is 27.9. The van der Waals surface area contributed by atoms with Crippen molar-refractivity contribution in [3.63, 3.8) is 0 Å². The Morgan fingerprint density at radius 1 is 0.690 bits per heavy atom. The highest BCUT2D eigenvalue weighted by atomic mass is 28.5. The van der Waals surface area contributed by atoms with E-state index in [4.69, 9.17) is 25.3 Å². The van der Waals surface area contributed by atoms with E-state index in [0.29, 0.717) is 30.0 Å². The van der Waals surface area contributed by atoms with Crippen LogP contribution in [0.3, 0.4) is 0 Å². The van der Waals surface area contributed by atoms with Crippen LogP contribution in [0.1, 0.15) is 62.5 Å². The van der Waals surface area contributed by atoms with Gasteiger partial charge in [0.05, 0.1) is 12.2 Å². The van der Waals surface area contributed by atoms with E-state index >= 15 is 0 Å². The Kier molecular flexibility index (Phi) is 10.7. The molecule has 2 aliphatic heterocycles. The first-order chi connectivity index (χ1) is 19.9. The van der Waals surface area contributed by atoms with Gasteiger partial charge >= 0.3 is 44.3 Å². The molecule has 1 saturated carbocycles. The van der Waals surface area contributed by atoms with Crippen molar-refractivity contribution in [2.75, 3.05) is 0 Å². The van der Waals surface area contributed by atoms with Crippen molar-refractivity contribution in [2.45, 2.75) is 114 Å². The Hall–Kier alpha value is -0.716. The van der Waals surface area contributed by atoms with Gasteiger partial charge in [-0.05, 0) is 105 Å². The lowest BCUT2D eigenvalue weighted by Crippen LogP contribution is -2.60. The zero-order chi connectivity index (χ0) is 30.0. The van der Waals surface area contributed by atoms with E-state index in [1.165, 1.54) is 30.4 Å². The van der Waals surface area contributed by atoms with Crippen LogP contribution in [0.2, 0.25) is 50.9 Å². The molecule has 6 nitrogen and oxygen atoms in total. The maximum Gasteiger partial charge on any atom is 0.317 e. The molecule has 3 fully saturated rings. The summed E-state index contributed by atoms with van der Waals surface area (Å²) in [6, 6.07) is 24.3. The fourth-order valence-corrected chi connectivity index (χ4v) is 31.5. The number of hydrogen-bond donors (Lipinski definition) is 0. The van der Waals surface area contributed by atoms with Gasteiger partial charge in [0, 0.05) is 0 Å². The average molecular weight is 661 g/mol. The van der Waals surface area contributed by atoms with Crippen LogP contribution in [0.25, 0.3) is 0 Å². The van der Waals surface area contributed by atoms with Gasteiger partial charge in [-0.15, -0.1) is 0 Å². The maximum absolute atomic E-state index is 7.31. The van der Waals surface area contributed by atoms with E-state index in [1.807, 2.05) is 0 Å². The number of epoxide rings is 1. The highest BCUT2D eigenvalue weighted by molar-refractivity contribution is 6.88. The first kappa shape index (κ1) is 32.7. The van der Waals surface area contributed by atoms with Crippen molar-refractivity contribution < 1.29 is 25.3 Å². The topological polar surface area (TPSA) is 58.7 Å². The normalized spacial score (nSPS) is 38.7. The van der Waals surface area contributed by atoms with Gasteiger partial charge < -0.3 is 25.3 Å². The summed E-state index contributed by atoms with van der Waals surface area (Å²) < 4.78 is 41.2. The van der Waals surface area contributed by atoms with Crippen molar-refractivity contribution >= 4 is 44.3 Å². The fourth-order valence-electron chi connectivity index (χ4n) is 7.41. The zero-order valence-corrected chi connectivity index (χ0v) is 32.0. The summed E-state index contributed by atoms with van der Waals surface area (Å²) >= 11 is 0. The average Bonchev–Trinajstić information content (AvgIpc) is 3.70. The SMILES string of the molecule is CC(C[Si]1(C)O[SiH](C)O[Si](C)(CCC2CCC3OC3C2)O[Si](C)(CC(C)c2ccccc2)O[SiH](C)O1)c1ccccc1. The molecule has 2 aromatic rings. The Labute approximate surface area is 260 Å². The van der Waals surface area contributed by atoms with E-state index in [2.05, 4.69) is 107 Å². The van der Waals surface area contributed by atoms with Gasteiger partial charge in [-0.2, -0.15) is 0 Å². The number of ether oxygens (including phenoxy) is 1. The molecule has 0 radical (unpaired) electrons. The molecule has 42 heavy (non-hydrogen) atoms. The van der Waals surface area contributed by atoms with Crippen molar-refractivity contribution in [1.29, 1.82) is 0 Å². The Morgan fingerprint density at radius 3 is 1.74 bits per heavy atom. The van der Waals surface area contributed by atoms with Gasteiger partial charge in [-0.3, -0.25) is 0 Å². The largest absolute Gasteiger partial charge is 0.418 e. The first-order valence-electron chi connectivity index (χ1n) is 16.1. The molecule has 0 aromatic heterocycles. The highest BCUT2D eigenvalue weighted by Gasteiger charge is 2.50. The van der Waals surface area contributed by atoms with Crippen LogP contribution in [0.4, 0.5) is 0 Å². The number of hydrogen-bond acceptors (Lipinski definition) is 6. The summed E-state index contributed by atoms with van der Waals surface area (Å²) in [5.74, 6) is 1.37. The van der Waals surface area contributed by atoms with Crippen molar-refractivity contribution in [1.82, 2.24) is 0 Å². The van der Waals surface area contributed by atoms with Gasteiger partial charge in [0.25, 0.3) is 0 Å². The van der Waals surface area contributed by atoms with Crippen LogP contribution in [-0.4, -0.2) is 56.5 Å². The van der Waals surface area contributed by atoms with Gasteiger partial charge in [0.15, 0.2) is 0 Å². The van der Waals surface area contributed by atoms with Crippen LogP contribution in [0.15, 0.2) is 60.7 Å². The molecule has 2 heterocycles. The molecule has 10 unspecified atom stereocenters. The lowest BCUT2D eigenvalue weighted by atomic mass is 9.88. The van der Waals surface area contributed by atoms with Crippen LogP contribution in [-0.2, 0) is 25.3 Å². The Bertz CT molecular complexity index is 1150. The molecule has 1 aliphatic carbocycles. The molecule has 2 saturated heterocycles. The second-order valence-corrected chi connectivity index (χ2v) is 28.6. The van der Waals surface area contributed by atoms with Crippen LogP contribution in [0.5, 0.6) is 0 Å². The molecule has 11 heteroatoms. The Morgan fingerprint density at radius 2 is 1.19 bits per heavy atom. The summed E-state index contributed by atoms with van der Waals surface area (Å²) in [4.78, 5) is 0. The third-order valence-electron chi connectivity index (χ3n) is 9.30. The minimum Gasteiger partial charge on any atom is -0.418 e. The third kappa shape index (κ3) is 8.93. The van der Waals surface area contributed by atoms with E-state index in [0.717, 1.165) is 24.6 Å². The summed E-state index contributed by atoms with van der Waals surface area (Å²) in [6.45, 7) is 15.8. The molecule has 0 amide bonds. The minimum atomic E-state index is -2.67. The van der Waals surface area contributed by atoms with Crippen LogP contribution >= 0.6 is 0 Å². The van der Waals surface area contributed by atoms with Gasteiger partial charge in [-0.25, -0.2) is 0 Å². The summed E-state index contributed by atoms with van der Waals surface area (Å²) in [5.41, 5.74) is 2.66. The zero-order valence-electron chi connectivity index (χ0n) is 26.7. The van der Waals surface area contributed by atoms with Crippen molar-refractivity contribution in [3.8, 4) is 0 Å². The van der Waals surface area contributed by atoms with Crippen molar-refractivity contribution in [3.05, 3.63) is 71.8 Å². The summed E-state index contributed by atoms with van der Waals surface area (Å²) in [5, 5.41) is 0. The molecule has 0 N–H and O–H groups in total. The summed E-state index contributed by atoms with van der Waals surface area (Å²) in [6.07, 6.45) is 5.82. The van der Waals surface area contributed by atoms with E-state index < -0.39 is 44.3 Å². The molecular weight excluding hydrogens is 609 g/mol. The predicted octanol–water partition coefficient (Wildman–Crippen LogP) is 7.56. The third-order valence-corrected chi connectivity index (χ3v) is 30.0. The smallest absolute Gasteiger partial charge is 0.317 e. The molecular formula is C31H52O6Si5. The van der Waals surface area contributed by atoms with Gasteiger partial charge in [0.2, 0.25) is 0 Å². The van der Waals surface area contributed by atoms with Crippen molar-refractivity contribution in [2.24, 2.45) is 5.92 Å². The standard InChI is InChI=1S/C31H52O6Si5/c1-25(28-14-10-8-11-15-28)23-41(6)34-38(3)33-40(5,21-20-27-18-19-30-31(22-27)32-30)37-42(7,36-39(4)35-41)24-26(2)29-16-12-9-13-17-29/h8-17,25-27,30-31,38-39H,18-24H2,1-7H3. The van der Waals surface area contributed by atoms with Gasteiger partial charge in [0.1, 0.15) is 0 Å². The number of benzene rings is 2. The molecule has 3 aliphatic rings.